The fourth-order valence-electron chi connectivity index (χ4n) is 3.61. The van der Waals surface area contributed by atoms with Crippen LogP contribution in [-0.2, 0) is 0 Å². The van der Waals surface area contributed by atoms with Gasteiger partial charge >= 0.3 is 0 Å². The molecule has 0 amide bonds. The first kappa shape index (κ1) is 15.1. The molecule has 2 aliphatic heterocycles. The number of ether oxygens (including phenoxy) is 2. The standard InChI is InChI=1S/C21H18N2O3/c1-24-15-10-8-14(9-11-15)21-23-18(16-5-2-3-6-19(16)26-21)13-17(22-23)20-7-4-12-25-20/h2-12,18,21H,13H2,1H3/t18-,21-/m1/s1. The van der Waals surface area contributed by atoms with Gasteiger partial charge in [0, 0.05) is 17.5 Å². The van der Waals surface area contributed by atoms with Gasteiger partial charge in [0.25, 0.3) is 0 Å². The molecule has 0 unspecified atom stereocenters. The lowest BCUT2D eigenvalue weighted by Crippen LogP contribution is -2.33. The Morgan fingerprint density at radius 3 is 2.65 bits per heavy atom. The van der Waals surface area contributed by atoms with E-state index in [9.17, 15) is 0 Å². The second kappa shape index (κ2) is 5.95. The molecule has 0 saturated heterocycles. The van der Waals surface area contributed by atoms with Gasteiger partial charge in [0.05, 0.1) is 19.4 Å². The fourth-order valence-corrected chi connectivity index (χ4v) is 3.61. The molecule has 3 heterocycles. The number of hydrogen-bond acceptors (Lipinski definition) is 5. The van der Waals surface area contributed by atoms with Crippen LogP contribution in [0.15, 0.2) is 76.4 Å². The molecule has 0 aliphatic carbocycles. The first-order valence-electron chi connectivity index (χ1n) is 8.63. The summed E-state index contributed by atoms with van der Waals surface area (Å²) in [6.07, 6.45) is 2.19. The summed E-state index contributed by atoms with van der Waals surface area (Å²) in [5, 5.41) is 6.90. The molecule has 3 aromatic rings. The Morgan fingerprint density at radius 2 is 1.88 bits per heavy atom. The maximum absolute atomic E-state index is 6.32. The molecule has 0 saturated carbocycles. The summed E-state index contributed by atoms with van der Waals surface area (Å²) in [6.45, 7) is 0. The molecule has 2 atom stereocenters. The predicted molar refractivity (Wildman–Crippen MR) is 97.2 cm³/mol. The summed E-state index contributed by atoms with van der Waals surface area (Å²) < 4.78 is 17.2. The predicted octanol–water partition coefficient (Wildman–Crippen LogP) is 4.53. The molecule has 5 nitrogen and oxygen atoms in total. The number of furan rings is 1. The highest BCUT2D eigenvalue weighted by atomic mass is 16.5. The van der Waals surface area contributed by atoms with Crippen molar-refractivity contribution in [1.82, 2.24) is 5.01 Å². The molecule has 5 rings (SSSR count). The SMILES string of the molecule is COc1ccc([C@H]2Oc3ccccc3[C@H]3CC(c4ccco4)=NN32)cc1. The van der Waals surface area contributed by atoms with Gasteiger partial charge in [0.15, 0.2) is 0 Å². The Labute approximate surface area is 151 Å². The lowest BCUT2D eigenvalue weighted by Gasteiger charge is -2.38. The third-order valence-electron chi connectivity index (χ3n) is 4.91. The Bertz CT molecular complexity index is 948. The minimum absolute atomic E-state index is 0.132. The van der Waals surface area contributed by atoms with Crippen molar-refractivity contribution in [2.24, 2.45) is 5.10 Å². The van der Waals surface area contributed by atoms with E-state index >= 15 is 0 Å². The van der Waals surface area contributed by atoms with E-state index in [1.165, 1.54) is 0 Å². The number of fused-ring (bicyclic) bond motifs is 3. The Hall–Kier alpha value is -3.21. The normalized spacial score (nSPS) is 20.8. The number of benzene rings is 2. The first-order chi connectivity index (χ1) is 12.8. The topological polar surface area (TPSA) is 47.2 Å². The molecular weight excluding hydrogens is 328 g/mol. The average Bonchev–Trinajstić information content (AvgIpc) is 3.37. The van der Waals surface area contributed by atoms with Crippen LogP contribution in [0.2, 0.25) is 0 Å². The number of methoxy groups -OCH3 is 1. The molecule has 5 heteroatoms. The lowest BCUT2D eigenvalue weighted by molar-refractivity contribution is -0.0190. The minimum atomic E-state index is -0.284. The summed E-state index contributed by atoms with van der Waals surface area (Å²) in [5.74, 6) is 2.54. The van der Waals surface area contributed by atoms with E-state index in [4.69, 9.17) is 19.0 Å². The number of hydrogen-bond donors (Lipinski definition) is 0. The smallest absolute Gasteiger partial charge is 0.213 e. The summed E-state index contributed by atoms with van der Waals surface area (Å²) in [4.78, 5) is 0. The van der Waals surface area contributed by atoms with Crippen molar-refractivity contribution in [1.29, 1.82) is 0 Å². The summed E-state index contributed by atoms with van der Waals surface area (Å²) >= 11 is 0. The van der Waals surface area contributed by atoms with Gasteiger partial charge in [0.2, 0.25) is 6.23 Å². The molecule has 2 aliphatic rings. The minimum Gasteiger partial charge on any atom is -0.497 e. The largest absolute Gasteiger partial charge is 0.497 e. The zero-order chi connectivity index (χ0) is 17.5. The average molecular weight is 346 g/mol. The zero-order valence-electron chi connectivity index (χ0n) is 14.3. The van der Waals surface area contributed by atoms with Gasteiger partial charge < -0.3 is 13.9 Å². The number of hydrazone groups is 1. The monoisotopic (exact) mass is 346 g/mol. The van der Waals surface area contributed by atoms with E-state index in [1.54, 1.807) is 13.4 Å². The fraction of sp³-hybridized carbons (Fsp3) is 0.190. The Balaban J connectivity index is 1.58. The van der Waals surface area contributed by atoms with Crippen LogP contribution in [0.1, 0.15) is 35.6 Å². The number of nitrogens with zero attached hydrogens (tertiary/aromatic N) is 2. The van der Waals surface area contributed by atoms with Crippen LogP contribution in [0.5, 0.6) is 11.5 Å². The van der Waals surface area contributed by atoms with Crippen molar-refractivity contribution in [3.8, 4) is 11.5 Å². The molecule has 0 N–H and O–H groups in total. The molecule has 0 spiro atoms. The van der Waals surface area contributed by atoms with Crippen LogP contribution in [-0.4, -0.2) is 17.8 Å². The highest BCUT2D eigenvalue weighted by molar-refractivity contribution is 5.99. The second-order valence-electron chi connectivity index (χ2n) is 6.41. The van der Waals surface area contributed by atoms with Crippen molar-refractivity contribution in [2.45, 2.75) is 18.7 Å². The van der Waals surface area contributed by atoms with E-state index in [2.05, 4.69) is 6.07 Å². The Kier molecular flexibility index (Phi) is 3.45. The Morgan fingerprint density at radius 1 is 1.04 bits per heavy atom. The quantitative estimate of drug-likeness (QED) is 0.699. The highest BCUT2D eigenvalue weighted by Crippen LogP contribution is 2.47. The maximum atomic E-state index is 6.32. The number of rotatable bonds is 3. The van der Waals surface area contributed by atoms with Crippen LogP contribution in [0.4, 0.5) is 0 Å². The van der Waals surface area contributed by atoms with Gasteiger partial charge in [-0.1, -0.05) is 18.2 Å². The molecule has 0 fully saturated rings. The summed E-state index contributed by atoms with van der Waals surface area (Å²) in [6, 6.07) is 20.1. The van der Waals surface area contributed by atoms with Gasteiger partial charge in [-0.15, -0.1) is 0 Å². The third-order valence-corrected chi connectivity index (χ3v) is 4.91. The first-order valence-corrected chi connectivity index (χ1v) is 8.63. The molecule has 2 aromatic carbocycles. The lowest BCUT2D eigenvalue weighted by atomic mass is 9.97. The van der Waals surface area contributed by atoms with Crippen LogP contribution in [0, 0.1) is 0 Å². The molecule has 0 bridgehead atoms. The van der Waals surface area contributed by atoms with E-state index < -0.39 is 0 Å². The summed E-state index contributed by atoms with van der Waals surface area (Å²) in [7, 11) is 1.67. The van der Waals surface area contributed by atoms with E-state index in [1.807, 2.05) is 59.6 Å². The van der Waals surface area contributed by atoms with Crippen LogP contribution >= 0.6 is 0 Å². The highest BCUT2D eigenvalue weighted by Gasteiger charge is 2.41. The van der Waals surface area contributed by atoms with Crippen molar-refractivity contribution < 1.29 is 13.9 Å². The second-order valence-corrected chi connectivity index (χ2v) is 6.41. The van der Waals surface area contributed by atoms with Gasteiger partial charge in [0.1, 0.15) is 23.0 Å². The van der Waals surface area contributed by atoms with Gasteiger partial charge in [-0.05, 0) is 42.5 Å². The van der Waals surface area contributed by atoms with Crippen LogP contribution in [0.3, 0.4) is 0 Å². The molecule has 26 heavy (non-hydrogen) atoms. The van der Waals surface area contributed by atoms with Crippen LogP contribution in [0.25, 0.3) is 0 Å². The van der Waals surface area contributed by atoms with Gasteiger partial charge in [-0.25, -0.2) is 5.01 Å². The van der Waals surface area contributed by atoms with Crippen molar-refractivity contribution >= 4 is 5.71 Å². The van der Waals surface area contributed by atoms with Crippen molar-refractivity contribution in [3.05, 3.63) is 83.8 Å². The molecule has 130 valence electrons. The molecular formula is C21H18N2O3. The van der Waals surface area contributed by atoms with E-state index in [0.717, 1.165) is 40.5 Å². The van der Waals surface area contributed by atoms with E-state index in [-0.39, 0.29) is 12.3 Å². The molecule has 0 radical (unpaired) electrons. The maximum Gasteiger partial charge on any atom is 0.213 e. The molecule has 1 aromatic heterocycles. The zero-order valence-corrected chi connectivity index (χ0v) is 14.3. The van der Waals surface area contributed by atoms with Gasteiger partial charge in [-0.2, -0.15) is 5.10 Å². The van der Waals surface area contributed by atoms with Crippen LogP contribution < -0.4 is 9.47 Å². The summed E-state index contributed by atoms with van der Waals surface area (Å²) in [5.41, 5.74) is 3.14. The number of para-hydroxylation sites is 1. The third kappa shape index (κ3) is 2.36. The van der Waals surface area contributed by atoms with E-state index in [0.29, 0.717) is 0 Å². The van der Waals surface area contributed by atoms with Crippen molar-refractivity contribution in [3.63, 3.8) is 0 Å². The van der Waals surface area contributed by atoms with Gasteiger partial charge in [-0.3, -0.25) is 0 Å². The van der Waals surface area contributed by atoms with Crippen molar-refractivity contribution in [2.75, 3.05) is 7.11 Å².